The minimum absolute atomic E-state index is 0.149. The molecule has 0 aliphatic heterocycles. The van der Waals surface area contributed by atoms with Crippen molar-refractivity contribution in [3.8, 4) is 0 Å². The van der Waals surface area contributed by atoms with Gasteiger partial charge in [0.1, 0.15) is 12.3 Å². The van der Waals surface area contributed by atoms with E-state index in [1.165, 1.54) is 0 Å². The minimum atomic E-state index is -0.170. The standard InChI is InChI=1S/C17H18ClN3O2/c1-17(2,3)14-9-15(20-23-14)19-16(22)10-21-7-6-11-4-5-12(18)8-13(11)21/h4-9H,10H2,1-3H3,(H,19,20,22). The second-order valence-electron chi connectivity index (χ2n) is 6.52. The van der Waals surface area contributed by atoms with Gasteiger partial charge in [-0.2, -0.15) is 0 Å². The number of carbonyl (C=O) groups excluding carboxylic acids is 1. The zero-order chi connectivity index (χ0) is 16.6. The predicted molar refractivity (Wildman–Crippen MR) is 90.8 cm³/mol. The Balaban J connectivity index is 1.74. The second-order valence-corrected chi connectivity index (χ2v) is 6.96. The van der Waals surface area contributed by atoms with E-state index in [0.29, 0.717) is 10.8 Å². The summed E-state index contributed by atoms with van der Waals surface area (Å²) >= 11 is 6.02. The first kappa shape index (κ1) is 15.6. The van der Waals surface area contributed by atoms with Crippen LogP contribution in [0.2, 0.25) is 5.02 Å². The SMILES string of the molecule is CC(C)(C)c1cc(NC(=O)Cn2ccc3ccc(Cl)cc32)no1. The number of amides is 1. The van der Waals surface area contributed by atoms with Crippen molar-refractivity contribution in [2.45, 2.75) is 32.7 Å². The van der Waals surface area contributed by atoms with Gasteiger partial charge < -0.3 is 14.4 Å². The monoisotopic (exact) mass is 331 g/mol. The Labute approximate surface area is 139 Å². The molecule has 6 heteroatoms. The number of aromatic nitrogens is 2. The van der Waals surface area contributed by atoms with Crippen LogP contribution in [0.3, 0.4) is 0 Å². The van der Waals surface area contributed by atoms with Gasteiger partial charge in [-0.05, 0) is 23.6 Å². The van der Waals surface area contributed by atoms with Crippen LogP contribution in [0.5, 0.6) is 0 Å². The summed E-state index contributed by atoms with van der Waals surface area (Å²) in [5.74, 6) is 0.983. The van der Waals surface area contributed by atoms with Crippen LogP contribution in [0, 0.1) is 0 Å². The number of hydrogen-bond acceptors (Lipinski definition) is 3. The lowest BCUT2D eigenvalue weighted by Gasteiger charge is -2.12. The van der Waals surface area contributed by atoms with Crippen molar-refractivity contribution < 1.29 is 9.32 Å². The van der Waals surface area contributed by atoms with Gasteiger partial charge in [-0.25, -0.2) is 0 Å². The molecule has 0 bridgehead atoms. The van der Waals surface area contributed by atoms with Gasteiger partial charge in [-0.15, -0.1) is 0 Å². The highest BCUT2D eigenvalue weighted by atomic mass is 35.5. The fourth-order valence-electron chi connectivity index (χ4n) is 2.32. The first-order chi connectivity index (χ1) is 10.8. The van der Waals surface area contributed by atoms with E-state index in [4.69, 9.17) is 16.1 Å². The van der Waals surface area contributed by atoms with Crippen molar-refractivity contribution in [3.63, 3.8) is 0 Å². The lowest BCUT2D eigenvalue weighted by atomic mass is 9.93. The number of nitrogens with zero attached hydrogens (tertiary/aromatic N) is 2. The van der Waals surface area contributed by atoms with Gasteiger partial charge in [-0.1, -0.05) is 43.6 Å². The van der Waals surface area contributed by atoms with Crippen LogP contribution >= 0.6 is 11.6 Å². The Kier molecular flexibility index (Phi) is 3.90. The van der Waals surface area contributed by atoms with Crippen molar-refractivity contribution >= 4 is 34.2 Å². The molecule has 1 N–H and O–H groups in total. The second kappa shape index (κ2) is 5.74. The normalized spacial score (nSPS) is 11.8. The van der Waals surface area contributed by atoms with E-state index in [0.717, 1.165) is 16.7 Å². The average molecular weight is 332 g/mol. The topological polar surface area (TPSA) is 60.1 Å². The number of fused-ring (bicyclic) bond motifs is 1. The van der Waals surface area contributed by atoms with Crippen LogP contribution < -0.4 is 5.32 Å². The average Bonchev–Trinajstić information content (AvgIpc) is 3.06. The summed E-state index contributed by atoms with van der Waals surface area (Å²) in [6.45, 7) is 6.25. The Bertz CT molecular complexity index is 858. The van der Waals surface area contributed by atoms with Crippen LogP contribution in [-0.2, 0) is 16.8 Å². The molecule has 0 fully saturated rings. The molecule has 2 aromatic heterocycles. The smallest absolute Gasteiger partial charge is 0.245 e. The molecule has 2 heterocycles. The van der Waals surface area contributed by atoms with Gasteiger partial charge in [0.25, 0.3) is 0 Å². The third kappa shape index (κ3) is 3.40. The van der Waals surface area contributed by atoms with Gasteiger partial charge in [0.2, 0.25) is 5.91 Å². The molecular weight excluding hydrogens is 314 g/mol. The molecule has 1 amide bonds. The molecule has 0 aliphatic carbocycles. The Morgan fingerprint density at radius 2 is 2.09 bits per heavy atom. The van der Waals surface area contributed by atoms with E-state index in [2.05, 4.69) is 10.5 Å². The number of anilines is 1. The number of nitrogens with one attached hydrogen (secondary N) is 1. The Morgan fingerprint density at radius 3 is 2.78 bits per heavy atom. The zero-order valence-corrected chi connectivity index (χ0v) is 14.0. The van der Waals surface area contributed by atoms with E-state index >= 15 is 0 Å². The molecule has 1 aromatic carbocycles. The van der Waals surface area contributed by atoms with Crippen molar-refractivity contribution in [1.29, 1.82) is 0 Å². The Morgan fingerprint density at radius 1 is 1.30 bits per heavy atom. The van der Waals surface area contributed by atoms with E-state index in [-0.39, 0.29) is 17.9 Å². The minimum Gasteiger partial charge on any atom is -0.359 e. The molecule has 0 aliphatic rings. The zero-order valence-electron chi connectivity index (χ0n) is 13.3. The third-order valence-corrected chi connectivity index (χ3v) is 3.80. The maximum atomic E-state index is 12.2. The van der Waals surface area contributed by atoms with Gasteiger partial charge in [0, 0.05) is 28.2 Å². The lowest BCUT2D eigenvalue weighted by Crippen LogP contribution is -2.18. The first-order valence-electron chi connectivity index (χ1n) is 7.34. The molecule has 5 nitrogen and oxygen atoms in total. The number of hydrogen-bond donors (Lipinski definition) is 1. The third-order valence-electron chi connectivity index (χ3n) is 3.57. The molecule has 0 radical (unpaired) electrons. The molecule has 23 heavy (non-hydrogen) atoms. The largest absolute Gasteiger partial charge is 0.359 e. The highest BCUT2D eigenvalue weighted by Crippen LogP contribution is 2.24. The van der Waals surface area contributed by atoms with Gasteiger partial charge in [-0.3, -0.25) is 4.79 Å². The fraction of sp³-hybridized carbons (Fsp3) is 0.294. The van der Waals surface area contributed by atoms with Crippen molar-refractivity contribution in [2.24, 2.45) is 0 Å². The highest BCUT2D eigenvalue weighted by molar-refractivity contribution is 6.31. The van der Waals surface area contributed by atoms with E-state index < -0.39 is 0 Å². The van der Waals surface area contributed by atoms with Gasteiger partial charge >= 0.3 is 0 Å². The molecular formula is C17H18ClN3O2. The number of carbonyl (C=O) groups is 1. The van der Waals surface area contributed by atoms with Crippen LogP contribution in [-0.4, -0.2) is 15.6 Å². The summed E-state index contributed by atoms with van der Waals surface area (Å²) in [6, 6.07) is 9.31. The van der Waals surface area contributed by atoms with Crippen molar-refractivity contribution in [3.05, 3.63) is 47.3 Å². The molecule has 3 aromatic rings. The van der Waals surface area contributed by atoms with Crippen LogP contribution in [0.15, 0.2) is 41.1 Å². The number of halogens is 1. The summed E-state index contributed by atoms with van der Waals surface area (Å²) in [5.41, 5.74) is 0.770. The van der Waals surface area contributed by atoms with Gasteiger partial charge in [0.15, 0.2) is 5.82 Å². The molecule has 0 saturated heterocycles. The molecule has 120 valence electrons. The quantitative estimate of drug-likeness (QED) is 0.781. The van der Waals surface area contributed by atoms with E-state index in [1.54, 1.807) is 6.07 Å². The van der Waals surface area contributed by atoms with Crippen LogP contribution in [0.4, 0.5) is 5.82 Å². The summed E-state index contributed by atoms with van der Waals surface area (Å²) in [4.78, 5) is 12.2. The fourth-order valence-corrected chi connectivity index (χ4v) is 2.49. The molecule has 0 unspecified atom stereocenters. The number of rotatable bonds is 3. The van der Waals surface area contributed by atoms with Crippen LogP contribution in [0.25, 0.3) is 10.9 Å². The molecule has 3 rings (SSSR count). The summed E-state index contributed by atoms with van der Waals surface area (Å²) in [6.07, 6.45) is 1.87. The first-order valence-corrected chi connectivity index (χ1v) is 7.72. The predicted octanol–water partition coefficient (Wildman–Crippen LogP) is 4.22. The Hall–Kier alpha value is -2.27. The van der Waals surface area contributed by atoms with Crippen molar-refractivity contribution in [2.75, 3.05) is 5.32 Å². The molecule has 0 spiro atoms. The molecule has 0 saturated carbocycles. The summed E-state index contributed by atoms with van der Waals surface area (Å²) in [7, 11) is 0. The van der Waals surface area contributed by atoms with Gasteiger partial charge in [0.05, 0.1) is 0 Å². The lowest BCUT2D eigenvalue weighted by molar-refractivity contribution is -0.116. The summed E-state index contributed by atoms with van der Waals surface area (Å²) in [5, 5.41) is 8.33. The maximum Gasteiger partial charge on any atom is 0.245 e. The van der Waals surface area contributed by atoms with Crippen molar-refractivity contribution in [1.82, 2.24) is 9.72 Å². The maximum absolute atomic E-state index is 12.2. The molecule has 0 atom stereocenters. The van der Waals surface area contributed by atoms with E-state index in [1.807, 2.05) is 55.8 Å². The number of benzene rings is 1. The van der Waals surface area contributed by atoms with Crippen LogP contribution in [0.1, 0.15) is 26.5 Å². The highest BCUT2D eigenvalue weighted by Gasteiger charge is 2.20. The summed E-state index contributed by atoms with van der Waals surface area (Å²) < 4.78 is 7.11. The van der Waals surface area contributed by atoms with E-state index in [9.17, 15) is 4.79 Å².